The van der Waals surface area contributed by atoms with E-state index in [1.807, 2.05) is 0 Å². The zero-order valence-corrected chi connectivity index (χ0v) is 14.7. The smallest absolute Gasteiger partial charge is 0.319 e. The lowest BCUT2D eigenvalue weighted by Crippen LogP contribution is -2.48. The minimum absolute atomic E-state index is 0.0219. The van der Waals surface area contributed by atoms with Crippen LogP contribution in [0.4, 0.5) is 20.6 Å². The van der Waals surface area contributed by atoms with Gasteiger partial charge in [-0.15, -0.1) is 0 Å². The number of anilines is 2. The number of rotatable bonds is 4. The maximum absolute atomic E-state index is 13.8. The maximum Gasteiger partial charge on any atom is 0.319 e. The molecular formula is C13H18FN3O5S2. The number of hydrogen-bond acceptors (Lipinski definition) is 5. The summed E-state index contributed by atoms with van der Waals surface area (Å²) in [4.78, 5) is 12.0. The van der Waals surface area contributed by atoms with Crippen molar-refractivity contribution in [1.29, 1.82) is 0 Å². The highest BCUT2D eigenvalue weighted by Crippen LogP contribution is 2.24. The second-order valence-corrected chi connectivity index (χ2v) is 9.98. The number of nitrogens with one attached hydrogen (secondary N) is 3. The summed E-state index contributed by atoms with van der Waals surface area (Å²) in [6.07, 6.45) is 1.21. The van der Waals surface area contributed by atoms with E-state index in [-0.39, 0.29) is 29.3 Å². The fraction of sp³-hybridized carbons (Fsp3) is 0.462. The molecule has 24 heavy (non-hydrogen) atoms. The molecule has 1 fully saturated rings. The molecule has 2 amide bonds. The molecule has 0 aliphatic carbocycles. The van der Waals surface area contributed by atoms with Crippen LogP contribution in [0.15, 0.2) is 18.2 Å². The van der Waals surface area contributed by atoms with Gasteiger partial charge in [-0.25, -0.2) is 26.0 Å². The van der Waals surface area contributed by atoms with Gasteiger partial charge >= 0.3 is 6.03 Å². The van der Waals surface area contributed by atoms with E-state index in [1.54, 1.807) is 6.92 Å². The van der Waals surface area contributed by atoms with Crippen molar-refractivity contribution in [2.45, 2.75) is 18.9 Å². The van der Waals surface area contributed by atoms with Crippen molar-refractivity contribution in [3.63, 3.8) is 0 Å². The molecule has 0 spiro atoms. The van der Waals surface area contributed by atoms with Crippen LogP contribution in [0, 0.1) is 5.82 Å². The van der Waals surface area contributed by atoms with E-state index in [0.29, 0.717) is 0 Å². The Morgan fingerprint density at radius 2 is 2.00 bits per heavy atom. The van der Waals surface area contributed by atoms with E-state index in [1.165, 1.54) is 6.07 Å². The van der Waals surface area contributed by atoms with Crippen LogP contribution in [-0.2, 0) is 19.9 Å². The molecule has 134 valence electrons. The number of carbonyl (C=O) groups is 1. The van der Waals surface area contributed by atoms with Crippen LogP contribution in [0.25, 0.3) is 0 Å². The molecule has 0 bridgehead atoms. The van der Waals surface area contributed by atoms with Crippen molar-refractivity contribution in [3.8, 4) is 0 Å². The fourth-order valence-electron chi connectivity index (χ4n) is 2.44. The Balaban J connectivity index is 2.10. The number of carbonyl (C=O) groups excluding carboxylic acids is 1. The molecule has 1 atom stereocenters. The quantitative estimate of drug-likeness (QED) is 0.717. The lowest BCUT2D eigenvalue weighted by Gasteiger charge is -2.24. The van der Waals surface area contributed by atoms with Crippen LogP contribution in [0.2, 0.25) is 0 Å². The first-order chi connectivity index (χ1) is 10.9. The lowest BCUT2D eigenvalue weighted by atomic mass is 10.0. The molecular weight excluding hydrogens is 361 g/mol. The van der Waals surface area contributed by atoms with Gasteiger partial charge in [-0.05, 0) is 31.5 Å². The van der Waals surface area contributed by atoms with E-state index >= 15 is 0 Å². The summed E-state index contributed by atoms with van der Waals surface area (Å²) in [6.45, 7) is 1.59. The van der Waals surface area contributed by atoms with Crippen molar-refractivity contribution in [1.82, 2.24) is 5.32 Å². The van der Waals surface area contributed by atoms with Gasteiger partial charge in [-0.1, -0.05) is 0 Å². The highest BCUT2D eigenvalue weighted by molar-refractivity contribution is 7.92. The second-order valence-electron chi connectivity index (χ2n) is 6.05. The molecule has 1 aromatic carbocycles. The van der Waals surface area contributed by atoms with E-state index < -0.39 is 37.2 Å². The third kappa shape index (κ3) is 5.06. The number of sulfone groups is 1. The minimum Gasteiger partial charge on any atom is -0.332 e. The molecule has 11 heteroatoms. The van der Waals surface area contributed by atoms with Gasteiger partial charge in [0.2, 0.25) is 10.0 Å². The first-order valence-corrected chi connectivity index (χ1v) is 10.7. The number of urea groups is 1. The highest BCUT2D eigenvalue weighted by Gasteiger charge is 2.39. The summed E-state index contributed by atoms with van der Waals surface area (Å²) in [7, 11) is -6.75. The van der Waals surface area contributed by atoms with Gasteiger partial charge < -0.3 is 10.6 Å². The van der Waals surface area contributed by atoms with E-state index in [2.05, 4.69) is 15.4 Å². The fourth-order valence-corrected chi connectivity index (χ4v) is 5.08. The van der Waals surface area contributed by atoms with Crippen molar-refractivity contribution < 1.29 is 26.0 Å². The van der Waals surface area contributed by atoms with Gasteiger partial charge in [0.25, 0.3) is 0 Å². The Morgan fingerprint density at radius 1 is 1.33 bits per heavy atom. The van der Waals surface area contributed by atoms with Crippen LogP contribution < -0.4 is 15.4 Å². The number of sulfonamides is 1. The molecule has 0 radical (unpaired) electrons. The zero-order valence-electron chi connectivity index (χ0n) is 13.1. The summed E-state index contributed by atoms with van der Waals surface area (Å²) < 4.78 is 61.4. The summed E-state index contributed by atoms with van der Waals surface area (Å²) in [6, 6.07) is 2.57. The third-order valence-electron chi connectivity index (χ3n) is 3.44. The maximum atomic E-state index is 13.8. The van der Waals surface area contributed by atoms with Gasteiger partial charge in [0.15, 0.2) is 9.84 Å². The Morgan fingerprint density at radius 3 is 2.54 bits per heavy atom. The summed E-state index contributed by atoms with van der Waals surface area (Å²) in [5.41, 5.74) is -1.07. The third-order valence-corrected chi connectivity index (χ3v) is 5.95. The molecule has 1 aliphatic heterocycles. The molecule has 0 saturated carbocycles. The number of benzene rings is 1. The van der Waals surface area contributed by atoms with Crippen LogP contribution in [-0.4, -0.2) is 46.2 Å². The summed E-state index contributed by atoms with van der Waals surface area (Å²) >= 11 is 0. The first-order valence-electron chi connectivity index (χ1n) is 6.94. The lowest BCUT2D eigenvalue weighted by molar-refractivity contribution is 0.242. The predicted molar refractivity (Wildman–Crippen MR) is 88.7 cm³/mol. The molecule has 1 aliphatic rings. The molecule has 1 unspecified atom stereocenters. The van der Waals surface area contributed by atoms with Gasteiger partial charge in [0.05, 0.1) is 34.7 Å². The average Bonchev–Trinajstić information content (AvgIpc) is 2.65. The van der Waals surface area contributed by atoms with Crippen LogP contribution in [0.1, 0.15) is 13.3 Å². The minimum atomic E-state index is -3.54. The molecule has 0 aromatic heterocycles. The van der Waals surface area contributed by atoms with E-state index in [9.17, 15) is 26.0 Å². The zero-order chi connectivity index (χ0) is 18.2. The Hall–Kier alpha value is -1.88. The SMILES string of the molecule is CC1(NC(=O)Nc2cc(NS(C)(=O)=O)ccc2F)CCS(=O)(=O)C1. The molecule has 1 saturated heterocycles. The topological polar surface area (TPSA) is 121 Å². The normalized spacial score (nSPS) is 22.8. The van der Waals surface area contributed by atoms with Gasteiger partial charge in [-0.2, -0.15) is 0 Å². The number of hydrogen-bond donors (Lipinski definition) is 3. The van der Waals surface area contributed by atoms with Crippen LogP contribution in [0.3, 0.4) is 0 Å². The first kappa shape index (κ1) is 18.5. The van der Waals surface area contributed by atoms with E-state index in [4.69, 9.17) is 0 Å². The molecule has 1 heterocycles. The highest BCUT2D eigenvalue weighted by atomic mass is 32.2. The number of halogens is 1. The van der Waals surface area contributed by atoms with Crippen molar-refractivity contribution in [2.75, 3.05) is 27.8 Å². The van der Waals surface area contributed by atoms with Gasteiger partial charge in [-0.3, -0.25) is 4.72 Å². The molecule has 8 nitrogen and oxygen atoms in total. The van der Waals surface area contributed by atoms with E-state index in [0.717, 1.165) is 18.4 Å². The Kier molecular flexibility index (Phi) is 4.77. The predicted octanol–water partition coefficient (Wildman–Crippen LogP) is 0.896. The van der Waals surface area contributed by atoms with Crippen LogP contribution >= 0.6 is 0 Å². The van der Waals surface area contributed by atoms with Crippen molar-refractivity contribution >= 4 is 37.3 Å². The Labute approximate surface area is 139 Å². The number of amides is 2. The van der Waals surface area contributed by atoms with Gasteiger partial charge in [0, 0.05) is 0 Å². The molecule has 3 N–H and O–H groups in total. The summed E-state index contributed by atoms with van der Waals surface area (Å²) in [5.74, 6) is -0.967. The molecule has 2 rings (SSSR count). The average molecular weight is 379 g/mol. The van der Waals surface area contributed by atoms with Crippen molar-refractivity contribution in [3.05, 3.63) is 24.0 Å². The summed E-state index contributed by atoms with van der Waals surface area (Å²) in [5, 5.41) is 4.78. The Bertz CT molecular complexity index is 870. The standard InChI is InChI=1S/C13H18FN3O5S2/c1-13(5-6-24(21,22)8-13)16-12(18)15-11-7-9(3-4-10(11)14)17-23(2,19)20/h3-4,7,17H,5-6,8H2,1-2H3,(H2,15,16,18). The largest absolute Gasteiger partial charge is 0.332 e. The second kappa shape index (κ2) is 6.20. The monoisotopic (exact) mass is 379 g/mol. The molecule has 1 aromatic rings. The van der Waals surface area contributed by atoms with Crippen LogP contribution in [0.5, 0.6) is 0 Å². The van der Waals surface area contributed by atoms with Crippen molar-refractivity contribution in [2.24, 2.45) is 0 Å². The van der Waals surface area contributed by atoms with Gasteiger partial charge in [0.1, 0.15) is 5.82 Å².